The molecule has 0 aliphatic carbocycles. The van der Waals surface area contributed by atoms with Gasteiger partial charge in [-0.2, -0.15) is 0 Å². The van der Waals surface area contributed by atoms with Gasteiger partial charge in [-0.3, -0.25) is 14.4 Å². The molecule has 452 valence electrons. The van der Waals surface area contributed by atoms with Crippen LogP contribution >= 0.6 is 0 Å². The molecule has 5 saturated heterocycles. The Hall–Kier alpha value is -4.47. The highest BCUT2D eigenvalue weighted by Crippen LogP contribution is 2.37. The van der Waals surface area contributed by atoms with Crippen molar-refractivity contribution in [1.82, 2.24) is 16.0 Å². The molecule has 0 aromatic carbocycles. The van der Waals surface area contributed by atoms with E-state index in [0.29, 0.717) is 0 Å². The molecule has 5 heterocycles. The summed E-state index contributed by atoms with van der Waals surface area (Å²) in [6, 6.07) is -5.86. The van der Waals surface area contributed by atoms with Crippen LogP contribution in [0, 0.1) is 0 Å². The average molecular weight is 1160 g/mol. The lowest BCUT2D eigenvalue weighted by atomic mass is 9.93. The molecule has 5 fully saturated rings. The molecule has 0 saturated carbocycles. The van der Waals surface area contributed by atoms with E-state index < -0.39 is 233 Å². The van der Waals surface area contributed by atoms with Crippen molar-refractivity contribution in [2.24, 2.45) is 0 Å². The quantitative estimate of drug-likeness (QED) is 0.0423. The van der Waals surface area contributed by atoms with E-state index in [9.17, 15) is 120 Å². The van der Waals surface area contributed by atoms with E-state index in [1.807, 2.05) is 0 Å². The third kappa shape index (κ3) is 14.8. The van der Waals surface area contributed by atoms with Gasteiger partial charge in [0.1, 0.15) is 134 Å². The molecule has 37 heteroatoms. The minimum Gasteiger partial charge on any atom is -0.479 e. The molecule has 0 radical (unpaired) electrons. The summed E-state index contributed by atoms with van der Waals surface area (Å²) in [6.45, 7) is -0.774. The van der Waals surface area contributed by atoms with Gasteiger partial charge in [0.25, 0.3) is 0 Å². The van der Waals surface area contributed by atoms with Gasteiger partial charge in [0.2, 0.25) is 17.7 Å². The number of carbonyl (C=O) groups excluding carboxylic acids is 4. The summed E-state index contributed by atoms with van der Waals surface area (Å²) >= 11 is 0. The monoisotopic (exact) mass is 1160 g/mol. The number of aliphatic hydroxyl groups excluding tert-OH is 14. The van der Waals surface area contributed by atoms with Crippen LogP contribution in [0.3, 0.4) is 0 Å². The molecule has 29 atom stereocenters. The van der Waals surface area contributed by atoms with Crippen LogP contribution < -0.4 is 16.0 Å². The molecule has 20 N–H and O–H groups in total. The van der Waals surface area contributed by atoms with Crippen molar-refractivity contribution in [2.45, 2.75) is 199 Å². The van der Waals surface area contributed by atoms with E-state index in [-0.39, 0.29) is 6.29 Å². The first-order valence-electron chi connectivity index (χ1n) is 23.8. The first kappa shape index (κ1) is 65.3. The molecule has 5 rings (SSSR count). The van der Waals surface area contributed by atoms with Gasteiger partial charge in [-0.15, -0.1) is 0 Å². The fourth-order valence-corrected chi connectivity index (χ4v) is 9.14. The van der Waals surface area contributed by atoms with Gasteiger partial charge in [0.05, 0.1) is 19.8 Å². The Balaban J connectivity index is 1.42. The first-order valence-corrected chi connectivity index (χ1v) is 23.8. The van der Waals surface area contributed by atoms with E-state index >= 15 is 0 Å². The zero-order valence-electron chi connectivity index (χ0n) is 41.5. The van der Waals surface area contributed by atoms with Gasteiger partial charge in [0.15, 0.2) is 49.8 Å². The van der Waals surface area contributed by atoms with Crippen LogP contribution in [-0.2, 0) is 80.9 Å². The molecule has 5 aliphatic heterocycles. The number of rotatable bonds is 23. The summed E-state index contributed by atoms with van der Waals surface area (Å²) in [5.74, 6) is -8.78. The SMILES string of the molecule is CC(=O)N[C@H]1[C@H](O[C@H]2[C@H](O)[C@@H](O)[C@H](O[C@H]3[C@@H](O)[C@@H](CO)O[C@@H](O[C@H]4[C@H](O)[C@@H](O)[C@H](O[C@@H]([C@@H](O)[C@H](O)CO)[C@H](C=O)NC(C)=O)O[C@@H]4C(=O)O)[C@@H]3NC(C)=O)O[C@@H]2C(=O)O)O[C@H](CO)[C@H](O)[C@@H]1O[C@@H]1O[C@H](C(=O)O)[C@@H](O)[C@H](O)[C@H]1O. The summed E-state index contributed by atoms with van der Waals surface area (Å²) in [7, 11) is 0. The highest BCUT2D eigenvalue weighted by molar-refractivity contribution is 5.78. The zero-order valence-corrected chi connectivity index (χ0v) is 41.5. The van der Waals surface area contributed by atoms with Crippen molar-refractivity contribution < 1.29 is 168 Å². The number of carboxylic acids is 3. The van der Waals surface area contributed by atoms with E-state index in [0.717, 1.165) is 20.8 Å². The van der Waals surface area contributed by atoms with Gasteiger partial charge in [-0.1, -0.05) is 0 Å². The van der Waals surface area contributed by atoms with E-state index in [1.165, 1.54) is 0 Å². The van der Waals surface area contributed by atoms with E-state index in [1.54, 1.807) is 0 Å². The number of carboxylic acid groups (broad SMARTS) is 3. The lowest BCUT2D eigenvalue weighted by Gasteiger charge is -2.50. The molecular weight excluding hydrogens is 1090 g/mol. The zero-order chi connectivity index (χ0) is 59.2. The largest absolute Gasteiger partial charge is 0.479 e. The van der Waals surface area contributed by atoms with Gasteiger partial charge < -0.3 is 155 Å². The van der Waals surface area contributed by atoms with Crippen molar-refractivity contribution in [3.63, 3.8) is 0 Å². The Bertz CT molecular complexity index is 2100. The number of nitrogens with one attached hydrogen (secondary N) is 3. The predicted octanol–water partition coefficient (Wildman–Crippen LogP) is -13.5. The molecular formula is C42H65N3O34. The van der Waals surface area contributed by atoms with Crippen molar-refractivity contribution in [2.75, 3.05) is 19.8 Å². The van der Waals surface area contributed by atoms with Gasteiger partial charge in [-0.05, 0) is 0 Å². The summed E-state index contributed by atoms with van der Waals surface area (Å²) in [4.78, 5) is 86.5. The molecule has 0 spiro atoms. The minimum atomic E-state index is -2.54. The maximum atomic E-state index is 12.9. The van der Waals surface area contributed by atoms with Gasteiger partial charge in [-0.25, -0.2) is 14.4 Å². The van der Waals surface area contributed by atoms with Crippen LogP contribution in [0.25, 0.3) is 0 Å². The Morgan fingerprint density at radius 2 is 0.861 bits per heavy atom. The molecule has 0 aromatic rings. The Labute approximate surface area is 443 Å². The Kier molecular flexibility index (Phi) is 23.2. The standard InChI is InChI=1S/C42H65N3O34/c1-8(50)43-11(4-46)27(17(54)12(53)5-47)72-41-25(62)22(59)30(33(78-41)36(66)67)75-39-16(45-10(3)52)29(19(56)14(7-49)71-39)74-42-26(63)23(60)31(34(79-42)37(68)69)76-38-15(44-9(2)51)28(18(55)13(6-48)70-38)73-40-24(61)20(57)21(58)32(77-40)35(64)65/h4,11-34,38-42,47-49,53-63H,5-7H2,1-3H3,(H,43,50)(H,44,51)(H,45,52)(H,64,65)(H,66,67)(H,68,69)/t11-,12+,13+,14+,15+,16+,17-,18-,19-,20-,21-,22+,23+,24+,25+,26+,27+,28+,29+,30-,31-,32-,33-,34-,38-,39-,40+,41+,42+/m0/s1. The topological polar surface area (TPSA) is 592 Å². The number of hydrogen-bond donors (Lipinski definition) is 20. The fourth-order valence-electron chi connectivity index (χ4n) is 9.14. The van der Waals surface area contributed by atoms with E-state index in [4.69, 9.17) is 47.4 Å². The van der Waals surface area contributed by atoms with Crippen molar-refractivity contribution in [3.8, 4) is 0 Å². The van der Waals surface area contributed by atoms with Crippen molar-refractivity contribution >= 4 is 41.9 Å². The summed E-state index contributed by atoms with van der Waals surface area (Å²) < 4.78 is 55.7. The van der Waals surface area contributed by atoms with E-state index in [2.05, 4.69) is 16.0 Å². The number of hydrogen-bond acceptors (Lipinski definition) is 31. The second kappa shape index (κ2) is 28.0. The van der Waals surface area contributed by atoms with Crippen LogP contribution in [0.2, 0.25) is 0 Å². The minimum absolute atomic E-state index is 0.000427. The highest BCUT2D eigenvalue weighted by atomic mass is 16.8. The highest BCUT2D eigenvalue weighted by Gasteiger charge is 2.59. The lowest BCUT2D eigenvalue weighted by molar-refractivity contribution is -0.375. The number of carbonyl (C=O) groups is 7. The predicted molar refractivity (Wildman–Crippen MR) is 237 cm³/mol. The normalized spacial score (nSPS) is 42.3. The maximum Gasteiger partial charge on any atom is 0.335 e. The third-order valence-electron chi connectivity index (χ3n) is 13.1. The number of ether oxygens (including phenoxy) is 10. The molecule has 0 unspecified atom stereocenters. The molecule has 0 bridgehead atoms. The van der Waals surface area contributed by atoms with Crippen LogP contribution in [0.5, 0.6) is 0 Å². The van der Waals surface area contributed by atoms with Gasteiger partial charge in [0, 0.05) is 20.8 Å². The lowest BCUT2D eigenvalue weighted by Crippen LogP contribution is -2.71. The number of aliphatic hydroxyl groups is 14. The van der Waals surface area contributed by atoms with Crippen molar-refractivity contribution in [1.29, 1.82) is 0 Å². The Morgan fingerprint density at radius 3 is 1.23 bits per heavy atom. The third-order valence-corrected chi connectivity index (χ3v) is 13.1. The summed E-state index contributed by atoms with van der Waals surface area (Å²) in [6.07, 6.45) is -59.1. The second-order valence-electron chi connectivity index (χ2n) is 18.7. The first-order chi connectivity index (χ1) is 37.0. The maximum absolute atomic E-state index is 12.9. The van der Waals surface area contributed by atoms with Crippen LogP contribution in [0.1, 0.15) is 20.8 Å². The van der Waals surface area contributed by atoms with Crippen LogP contribution in [-0.4, -0.2) is 326 Å². The Morgan fingerprint density at radius 1 is 0.481 bits per heavy atom. The number of aliphatic carboxylic acids is 3. The second-order valence-corrected chi connectivity index (χ2v) is 18.7. The van der Waals surface area contributed by atoms with Crippen LogP contribution in [0.4, 0.5) is 0 Å². The average Bonchev–Trinajstić information content (AvgIpc) is 3.43. The fraction of sp³-hybridized carbons (Fsp3) is 0.833. The molecule has 37 nitrogen and oxygen atoms in total. The smallest absolute Gasteiger partial charge is 0.335 e. The molecule has 0 aromatic heterocycles. The number of aldehydes is 1. The molecule has 79 heavy (non-hydrogen) atoms. The van der Waals surface area contributed by atoms with Gasteiger partial charge >= 0.3 is 17.9 Å². The number of amides is 3. The van der Waals surface area contributed by atoms with Crippen LogP contribution in [0.15, 0.2) is 0 Å². The van der Waals surface area contributed by atoms with Crippen molar-refractivity contribution in [3.05, 3.63) is 0 Å². The summed E-state index contributed by atoms with van der Waals surface area (Å²) in [5, 5.41) is 187. The molecule has 5 aliphatic rings. The molecule has 3 amide bonds. The summed E-state index contributed by atoms with van der Waals surface area (Å²) in [5.41, 5.74) is 0.